The largest absolute Gasteiger partial charge is 0.491 e. The maximum Gasteiger partial charge on any atom is 0.416 e. The number of fused-ring (bicyclic) bond motifs is 1. The molecule has 164 valence electrons. The Morgan fingerprint density at radius 2 is 1.87 bits per heavy atom. The van der Waals surface area contributed by atoms with Crippen molar-refractivity contribution in [3.8, 4) is 17.1 Å². The van der Waals surface area contributed by atoms with Crippen LogP contribution < -0.4 is 10.2 Å². The van der Waals surface area contributed by atoms with Crippen molar-refractivity contribution in [3.63, 3.8) is 0 Å². The second-order valence-corrected chi connectivity index (χ2v) is 7.51. The molecule has 9 heteroatoms. The third-order valence-corrected chi connectivity index (χ3v) is 5.35. The fraction of sp³-hybridized carbons (Fsp3) is 0.318. The first-order valence-corrected chi connectivity index (χ1v) is 10.1. The van der Waals surface area contributed by atoms with Crippen molar-refractivity contribution in [2.45, 2.75) is 6.18 Å². The Morgan fingerprint density at radius 1 is 1.10 bits per heavy atom. The lowest BCUT2D eigenvalue weighted by Gasteiger charge is -2.26. The van der Waals surface area contributed by atoms with Gasteiger partial charge < -0.3 is 13.9 Å². The third-order valence-electron chi connectivity index (χ3n) is 5.05. The van der Waals surface area contributed by atoms with Crippen LogP contribution in [0.25, 0.3) is 22.3 Å². The number of rotatable bonds is 5. The average Bonchev–Trinajstić information content (AvgIpc) is 2.74. The van der Waals surface area contributed by atoms with Crippen molar-refractivity contribution in [3.05, 3.63) is 63.3 Å². The van der Waals surface area contributed by atoms with Crippen molar-refractivity contribution >= 4 is 22.6 Å². The lowest BCUT2D eigenvalue weighted by Crippen LogP contribution is -2.38. The minimum atomic E-state index is -4.53. The van der Waals surface area contributed by atoms with E-state index in [4.69, 9.17) is 25.5 Å². The molecule has 31 heavy (non-hydrogen) atoms. The number of benzene rings is 2. The van der Waals surface area contributed by atoms with Crippen LogP contribution in [0, 0.1) is 0 Å². The highest BCUT2D eigenvalue weighted by Gasteiger charge is 2.31. The first-order valence-electron chi connectivity index (χ1n) is 9.70. The first kappa shape index (κ1) is 21.7. The van der Waals surface area contributed by atoms with Gasteiger partial charge in [-0.15, -0.1) is 0 Å². The topological polar surface area (TPSA) is 51.9 Å². The SMILES string of the molecule is O=c1cc(-c2ccc(C(F)(F)F)cc2OCCN2CCOCC2)oc2c(Cl)cccc12. The molecule has 0 spiro atoms. The van der Waals surface area contributed by atoms with Crippen LogP contribution in [0.2, 0.25) is 5.02 Å². The maximum absolute atomic E-state index is 13.3. The van der Waals surface area contributed by atoms with Gasteiger partial charge >= 0.3 is 6.18 Å². The lowest BCUT2D eigenvalue weighted by atomic mass is 10.1. The van der Waals surface area contributed by atoms with Crippen molar-refractivity contribution in [2.24, 2.45) is 0 Å². The fourth-order valence-electron chi connectivity index (χ4n) is 3.41. The van der Waals surface area contributed by atoms with Gasteiger partial charge in [-0.05, 0) is 30.3 Å². The Kier molecular flexibility index (Phi) is 6.22. The highest BCUT2D eigenvalue weighted by molar-refractivity contribution is 6.34. The van der Waals surface area contributed by atoms with Crippen LogP contribution in [0.3, 0.4) is 0 Å². The van der Waals surface area contributed by atoms with E-state index in [9.17, 15) is 18.0 Å². The maximum atomic E-state index is 13.3. The molecule has 1 aliphatic rings. The van der Waals surface area contributed by atoms with Crippen LogP contribution >= 0.6 is 11.6 Å². The molecular weight excluding hydrogens is 435 g/mol. The zero-order valence-corrected chi connectivity index (χ0v) is 17.1. The van der Waals surface area contributed by atoms with E-state index in [1.54, 1.807) is 18.2 Å². The number of hydrogen-bond acceptors (Lipinski definition) is 5. The summed E-state index contributed by atoms with van der Waals surface area (Å²) in [6.07, 6.45) is -4.53. The molecule has 2 aromatic carbocycles. The molecule has 1 saturated heterocycles. The summed E-state index contributed by atoms with van der Waals surface area (Å²) in [5.41, 5.74) is -0.781. The van der Waals surface area contributed by atoms with E-state index in [-0.39, 0.29) is 45.1 Å². The molecule has 0 aliphatic carbocycles. The molecule has 3 aromatic rings. The van der Waals surface area contributed by atoms with Crippen LogP contribution in [0.1, 0.15) is 5.56 Å². The minimum absolute atomic E-state index is 0.0161. The number of ether oxygens (including phenoxy) is 2. The van der Waals surface area contributed by atoms with Crippen molar-refractivity contribution in [2.75, 3.05) is 39.5 Å². The van der Waals surface area contributed by atoms with E-state index in [1.165, 1.54) is 12.1 Å². The highest BCUT2D eigenvalue weighted by Crippen LogP contribution is 2.38. The van der Waals surface area contributed by atoms with Crippen LogP contribution in [-0.4, -0.2) is 44.4 Å². The van der Waals surface area contributed by atoms with Crippen LogP contribution in [0.15, 0.2) is 51.7 Å². The van der Waals surface area contributed by atoms with E-state index in [0.29, 0.717) is 19.8 Å². The van der Waals surface area contributed by atoms with Gasteiger partial charge in [-0.1, -0.05) is 17.7 Å². The number of alkyl halides is 3. The zero-order chi connectivity index (χ0) is 22.0. The average molecular weight is 454 g/mol. The Morgan fingerprint density at radius 3 is 2.61 bits per heavy atom. The molecule has 0 amide bonds. The molecule has 0 atom stereocenters. The molecule has 2 heterocycles. The molecule has 0 saturated carbocycles. The predicted molar refractivity (Wildman–Crippen MR) is 111 cm³/mol. The fourth-order valence-corrected chi connectivity index (χ4v) is 3.62. The summed E-state index contributed by atoms with van der Waals surface area (Å²) < 4.78 is 56.6. The van der Waals surface area contributed by atoms with Crippen molar-refractivity contribution in [1.29, 1.82) is 0 Å². The second kappa shape index (κ2) is 8.90. The van der Waals surface area contributed by atoms with Gasteiger partial charge in [0.1, 0.15) is 18.1 Å². The van der Waals surface area contributed by atoms with E-state index in [1.807, 2.05) is 0 Å². The minimum Gasteiger partial charge on any atom is -0.491 e. The molecular formula is C22H19ClF3NO4. The molecule has 1 fully saturated rings. The smallest absolute Gasteiger partial charge is 0.416 e. The summed E-state index contributed by atoms with van der Waals surface area (Å²) in [7, 11) is 0. The molecule has 0 unspecified atom stereocenters. The van der Waals surface area contributed by atoms with Gasteiger partial charge in [-0.2, -0.15) is 13.2 Å². The second-order valence-electron chi connectivity index (χ2n) is 7.10. The number of nitrogens with zero attached hydrogens (tertiary/aromatic N) is 1. The van der Waals surface area contributed by atoms with Gasteiger partial charge in [-0.3, -0.25) is 9.69 Å². The molecule has 4 rings (SSSR count). The Balaban J connectivity index is 1.70. The lowest BCUT2D eigenvalue weighted by molar-refractivity contribution is -0.137. The van der Waals surface area contributed by atoms with Gasteiger partial charge in [-0.25, -0.2) is 0 Å². The normalized spacial score (nSPS) is 15.4. The van der Waals surface area contributed by atoms with Crippen molar-refractivity contribution in [1.82, 2.24) is 4.90 Å². The summed E-state index contributed by atoms with van der Waals surface area (Å²) in [5.74, 6) is 0.0679. The van der Waals surface area contributed by atoms with E-state index in [2.05, 4.69) is 4.90 Å². The summed E-state index contributed by atoms with van der Waals surface area (Å²) in [6.45, 7) is 3.39. The van der Waals surface area contributed by atoms with Crippen LogP contribution in [0.5, 0.6) is 5.75 Å². The standard InChI is InChI=1S/C22H19ClF3NO4/c23-17-3-1-2-15-18(28)13-20(31-21(15)17)16-5-4-14(22(24,25)26)12-19(16)30-11-8-27-6-9-29-10-7-27/h1-5,12-13H,6-11H2. The molecule has 5 nitrogen and oxygen atoms in total. The van der Waals surface area contributed by atoms with Crippen LogP contribution in [-0.2, 0) is 10.9 Å². The first-order chi connectivity index (χ1) is 14.8. The number of halogens is 4. The predicted octanol–water partition coefficient (Wildman–Crippen LogP) is 4.84. The summed E-state index contributed by atoms with van der Waals surface area (Å²) in [4.78, 5) is 14.6. The van der Waals surface area contributed by atoms with Crippen LogP contribution in [0.4, 0.5) is 13.2 Å². The molecule has 1 aliphatic heterocycles. The van der Waals surface area contributed by atoms with Gasteiger partial charge in [0, 0.05) is 25.7 Å². The zero-order valence-electron chi connectivity index (χ0n) is 16.4. The van der Waals surface area contributed by atoms with Gasteiger partial charge in [0.2, 0.25) is 0 Å². The molecule has 1 aromatic heterocycles. The summed E-state index contributed by atoms with van der Waals surface area (Å²) in [6, 6.07) is 9.10. The van der Waals surface area contributed by atoms with E-state index >= 15 is 0 Å². The Labute approximate surface area is 180 Å². The number of morpholine rings is 1. The molecule has 0 radical (unpaired) electrons. The highest BCUT2D eigenvalue weighted by atomic mass is 35.5. The van der Waals surface area contributed by atoms with Crippen molar-refractivity contribution < 1.29 is 27.1 Å². The van der Waals surface area contributed by atoms with E-state index < -0.39 is 11.7 Å². The summed E-state index contributed by atoms with van der Waals surface area (Å²) in [5, 5.41) is 0.524. The third kappa shape index (κ3) is 4.87. The number of para-hydroxylation sites is 1. The number of hydrogen-bond donors (Lipinski definition) is 0. The monoisotopic (exact) mass is 453 g/mol. The summed E-state index contributed by atoms with van der Waals surface area (Å²) >= 11 is 6.15. The molecule has 0 bridgehead atoms. The van der Waals surface area contributed by atoms with Gasteiger partial charge in [0.15, 0.2) is 11.0 Å². The van der Waals surface area contributed by atoms with E-state index in [0.717, 1.165) is 25.2 Å². The molecule has 0 N–H and O–H groups in total. The Hall–Kier alpha value is -2.55. The Bertz CT molecular complexity index is 1140. The quantitative estimate of drug-likeness (QED) is 0.553. The van der Waals surface area contributed by atoms with Gasteiger partial charge in [0.05, 0.1) is 34.7 Å². The van der Waals surface area contributed by atoms with Gasteiger partial charge in [0.25, 0.3) is 0 Å².